The Morgan fingerprint density at radius 3 is 2.88 bits per heavy atom. The van der Waals surface area contributed by atoms with Gasteiger partial charge in [-0.25, -0.2) is 9.37 Å². The molecule has 1 heterocycles. The van der Waals surface area contributed by atoms with Crippen LogP contribution in [-0.2, 0) is 0 Å². The number of aromatic amines is 1. The van der Waals surface area contributed by atoms with Crippen LogP contribution in [0.1, 0.15) is 10.5 Å². The number of hydrogen-bond donors (Lipinski definition) is 1. The number of aromatic nitrogens is 2. The Hall–Kier alpha value is -2.17. The van der Waals surface area contributed by atoms with Crippen molar-refractivity contribution in [3.63, 3.8) is 0 Å². The molecule has 16 heavy (non-hydrogen) atoms. The molecule has 0 unspecified atom stereocenters. The summed E-state index contributed by atoms with van der Waals surface area (Å²) in [5, 5.41) is 0. The van der Waals surface area contributed by atoms with Crippen molar-refractivity contribution in [2.45, 2.75) is 0 Å². The normalized spacial score (nSPS) is 10.1. The molecular formula is C11H9FN2O2. The molecular weight excluding hydrogens is 211 g/mol. The minimum absolute atomic E-state index is 0.172. The Bertz CT molecular complexity index is 522. The maximum absolute atomic E-state index is 13.4. The SMILES string of the molecule is COc1ccc(-c2nc(C=O)c[nH]2)cc1F. The largest absolute Gasteiger partial charge is 0.494 e. The lowest BCUT2D eigenvalue weighted by atomic mass is 10.2. The van der Waals surface area contributed by atoms with Crippen molar-refractivity contribution in [2.24, 2.45) is 0 Å². The van der Waals surface area contributed by atoms with Gasteiger partial charge in [-0.05, 0) is 18.2 Å². The topological polar surface area (TPSA) is 55.0 Å². The fourth-order valence-electron chi connectivity index (χ4n) is 1.36. The van der Waals surface area contributed by atoms with E-state index in [1.54, 1.807) is 6.07 Å². The zero-order valence-corrected chi connectivity index (χ0v) is 8.53. The van der Waals surface area contributed by atoms with Gasteiger partial charge in [0.2, 0.25) is 0 Å². The van der Waals surface area contributed by atoms with Crippen molar-refractivity contribution in [2.75, 3.05) is 7.11 Å². The molecule has 0 aliphatic rings. The number of hydrogen-bond acceptors (Lipinski definition) is 3. The Balaban J connectivity index is 2.40. The summed E-state index contributed by atoms with van der Waals surface area (Å²) in [6.45, 7) is 0. The van der Waals surface area contributed by atoms with Gasteiger partial charge in [-0.3, -0.25) is 4.79 Å². The standard InChI is InChI=1S/C11H9FN2O2/c1-16-10-3-2-7(4-9(10)12)11-13-5-8(6-15)14-11/h2-6H,1H3,(H,13,14). The van der Waals surface area contributed by atoms with Gasteiger partial charge in [0, 0.05) is 11.8 Å². The molecule has 0 saturated carbocycles. The molecule has 0 fully saturated rings. The molecule has 2 rings (SSSR count). The number of imidazole rings is 1. The zero-order valence-electron chi connectivity index (χ0n) is 8.53. The molecule has 0 aliphatic carbocycles. The molecule has 0 amide bonds. The lowest BCUT2D eigenvalue weighted by Crippen LogP contribution is -1.89. The summed E-state index contributed by atoms with van der Waals surface area (Å²) in [7, 11) is 1.40. The first-order chi connectivity index (χ1) is 7.74. The van der Waals surface area contributed by atoms with E-state index >= 15 is 0 Å². The van der Waals surface area contributed by atoms with E-state index in [9.17, 15) is 9.18 Å². The fraction of sp³-hybridized carbons (Fsp3) is 0.0909. The van der Waals surface area contributed by atoms with Crippen LogP contribution in [-0.4, -0.2) is 23.4 Å². The number of carbonyl (C=O) groups is 1. The van der Waals surface area contributed by atoms with E-state index < -0.39 is 5.82 Å². The van der Waals surface area contributed by atoms with Crippen LogP contribution in [0.2, 0.25) is 0 Å². The number of H-pyrrole nitrogens is 1. The minimum atomic E-state index is -0.468. The van der Waals surface area contributed by atoms with Gasteiger partial charge in [-0.1, -0.05) is 0 Å². The van der Waals surface area contributed by atoms with Crippen LogP contribution in [0.5, 0.6) is 5.75 Å². The zero-order chi connectivity index (χ0) is 11.5. The molecule has 0 bridgehead atoms. The summed E-state index contributed by atoms with van der Waals surface area (Å²) >= 11 is 0. The number of carbonyl (C=O) groups excluding carboxylic acids is 1. The second-order valence-electron chi connectivity index (χ2n) is 3.14. The average Bonchev–Trinajstić information content (AvgIpc) is 2.77. The first-order valence-electron chi connectivity index (χ1n) is 4.59. The highest BCUT2D eigenvalue weighted by Crippen LogP contribution is 2.23. The maximum atomic E-state index is 13.4. The van der Waals surface area contributed by atoms with Crippen molar-refractivity contribution in [3.05, 3.63) is 35.9 Å². The predicted octanol–water partition coefficient (Wildman–Crippen LogP) is 2.04. The number of halogens is 1. The monoisotopic (exact) mass is 220 g/mol. The summed E-state index contributed by atoms with van der Waals surface area (Å²) in [6, 6.07) is 4.47. The van der Waals surface area contributed by atoms with E-state index in [-0.39, 0.29) is 11.4 Å². The first-order valence-corrected chi connectivity index (χ1v) is 4.59. The van der Waals surface area contributed by atoms with Gasteiger partial charge < -0.3 is 9.72 Å². The first kappa shape index (κ1) is 10.4. The Kier molecular flexibility index (Phi) is 2.68. The smallest absolute Gasteiger partial charge is 0.170 e. The van der Waals surface area contributed by atoms with Crippen LogP contribution in [0.3, 0.4) is 0 Å². The summed E-state index contributed by atoms with van der Waals surface area (Å²) in [4.78, 5) is 17.2. The third-order valence-corrected chi connectivity index (χ3v) is 2.14. The van der Waals surface area contributed by atoms with Gasteiger partial charge in [0.05, 0.1) is 7.11 Å². The molecule has 1 aromatic carbocycles. The van der Waals surface area contributed by atoms with Gasteiger partial charge in [0.15, 0.2) is 17.9 Å². The van der Waals surface area contributed by atoms with Crippen molar-refractivity contribution in [3.8, 4) is 17.1 Å². The average molecular weight is 220 g/mol. The molecule has 0 spiro atoms. The van der Waals surface area contributed by atoms with Crippen LogP contribution >= 0.6 is 0 Å². The third kappa shape index (κ3) is 1.79. The molecule has 82 valence electrons. The number of rotatable bonds is 3. The van der Waals surface area contributed by atoms with Crippen molar-refractivity contribution < 1.29 is 13.9 Å². The Labute approximate surface area is 91.1 Å². The van der Waals surface area contributed by atoms with Gasteiger partial charge in [0.25, 0.3) is 0 Å². The maximum Gasteiger partial charge on any atom is 0.170 e. The molecule has 5 heteroatoms. The number of ether oxygens (including phenoxy) is 1. The number of methoxy groups -OCH3 is 1. The number of nitrogens with zero attached hydrogens (tertiary/aromatic N) is 1. The van der Waals surface area contributed by atoms with E-state index in [1.165, 1.54) is 25.4 Å². The molecule has 0 radical (unpaired) electrons. The summed E-state index contributed by atoms with van der Waals surface area (Å²) in [6.07, 6.45) is 2.09. The summed E-state index contributed by atoms with van der Waals surface area (Å²) in [5.74, 6) is 0.152. The van der Waals surface area contributed by atoms with E-state index in [2.05, 4.69) is 9.97 Å². The predicted molar refractivity (Wildman–Crippen MR) is 55.9 cm³/mol. The van der Waals surface area contributed by atoms with Crippen molar-refractivity contribution in [1.82, 2.24) is 9.97 Å². The molecule has 0 saturated heterocycles. The molecule has 2 aromatic rings. The van der Waals surface area contributed by atoms with E-state index in [1.807, 2.05) is 0 Å². The lowest BCUT2D eigenvalue weighted by Gasteiger charge is -2.02. The molecule has 1 N–H and O–H groups in total. The van der Waals surface area contributed by atoms with Crippen molar-refractivity contribution >= 4 is 6.29 Å². The van der Waals surface area contributed by atoms with E-state index in [0.29, 0.717) is 17.7 Å². The van der Waals surface area contributed by atoms with Gasteiger partial charge in [-0.2, -0.15) is 0 Å². The number of benzene rings is 1. The van der Waals surface area contributed by atoms with Crippen LogP contribution in [0.15, 0.2) is 24.4 Å². The lowest BCUT2D eigenvalue weighted by molar-refractivity contribution is 0.111. The Morgan fingerprint density at radius 2 is 2.31 bits per heavy atom. The summed E-state index contributed by atoms with van der Waals surface area (Å²) < 4.78 is 18.2. The number of nitrogens with one attached hydrogen (secondary N) is 1. The molecule has 0 atom stereocenters. The quantitative estimate of drug-likeness (QED) is 0.805. The van der Waals surface area contributed by atoms with Crippen LogP contribution in [0, 0.1) is 5.82 Å². The number of aldehydes is 1. The van der Waals surface area contributed by atoms with Crippen LogP contribution < -0.4 is 4.74 Å². The van der Waals surface area contributed by atoms with Gasteiger partial charge in [-0.15, -0.1) is 0 Å². The van der Waals surface area contributed by atoms with E-state index in [4.69, 9.17) is 4.74 Å². The van der Waals surface area contributed by atoms with Gasteiger partial charge in [0.1, 0.15) is 11.5 Å². The van der Waals surface area contributed by atoms with Crippen LogP contribution in [0.25, 0.3) is 11.4 Å². The minimum Gasteiger partial charge on any atom is -0.494 e. The van der Waals surface area contributed by atoms with Crippen molar-refractivity contribution in [1.29, 1.82) is 0 Å². The van der Waals surface area contributed by atoms with Crippen LogP contribution in [0.4, 0.5) is 4.39 Å². The highest BCUT2D eigenvalue weighted by atomic mass is 19.1. The third-order valence-electron chi connectivity index (χ3n) is 2.14. The second kappa shape index (κ2) is 4.14. The molecule has 0 aliphatic heterocycles. The summed E-state index contributed by atoms with van der Waals surface area (Å²) in [5.41, 5.74) is 0.845. The fourth-order valence-corrected chi connectivity index (χ4v) is 1.36. The van der Waals surface area contributed by atoms with Gasteiger partial charge >= 0.3 is 0 Å². The van der Waals surface area contributed by atoms with E-state index in [0.717, 1.165) is 0 Å². The molecule has 1 aromatic heterocycles. The highest BCUT2D eigenvalue weighted by Gasteiger charge is 2.07. The Morgan fingerprint density at radius 1 is 1.50 bits per heavy atom. The molecule has 4 nitrogen and oxygen atoms in total. The highest BCUT2D eigenvalue weighted by molar-refractivity contribution is 5.73. The second-order valence-corrected chi connectivity index (χ2v) is 3.14.